The van der Waals surface area contributed by atoms with Crippen LogP contribution >= 0.6 is 12.4 Å². The van der Waals surface area contributed by atoms with Crippen LogP contribution in [0.15, 0.2) is 47.4 Å². The van der Waals surface area contributed by atoms with Crippen LogP contribution in [0.1, 0.15) is 22.3 Å². The number of halogens is 4. The summed E-state index contributed by atoms with van der Waals surface area (Å²) in [6.07, 6.45) is -4.58. The largest absolute Gasteiger partial charge is 0.416 e. The van der Waals surface area contributed by atoms with Crippen molar-refractivity contribution in [3.05, 3.63) is 64.7 Å². The Morgan fingerprint density at radius 3 is 2.48 bits per heavy atom. The third-order valence-corrected chi connectivity index (χ3v) is 5.24. The van der Waals surface area contributed by atoms with Crippen molar-refractivity contribution in [2.24, 2.45) is 0 Å². The van der Waals surface area contributed by atoms with Crippen molar-refractivity contribution in [1.82, 2.24) is 10.0 Å². The van der Waals surface area contributed by atoms with E-state index in [0.29, 0.717) is 6.07 Å². The molecule has 0 unspecified atom stereocenters. The Kier molecular flexibility index (Phi) is 5.78. The number of hydrogen-bond donors (Lipinski definition) is 2. The van der Waals surface area contributed by atoms with Gasteiger partial charge in [-0.2, -0.15) is 13.2 Å². The van der Waals surface area contributed by atoms with E-state index in [1.807, 2.05) is 12.1 Å². The average molecular weight is 393 g/mol. The van der Waals surface area contributed by atoms with Crippen LogP contribution in [0.3, 0.4) is 0 Å². The summed E-state index contributed by atoms with van der Waals surface area (Å²) in [6, 6.07) is 9.32. The lowest BCUT2D eigenvalue weighted by Gasteiger charge is -2.11. The van der Waals surface area contributed by atoms with E-state index in [9.17, 15) is 21.6 Å². The molecule has 0 fully saturated rings. The van der Waals surface area contributed by atoms with E-state index < -0.39 is 26.7 Å². The highest BCUT2D eigenvalue weighted by Crippen LogP contribution is 2.30. The average Bonchev–Trinajstić information content (AvgIpc) is 3.00. The van der Waals surface area contributed by atoms with Crippen LogP contribution in [0.2, 0.25) is 0 Å². The number of nitrogens with one attached hydrogen (secondary N) is 2. The van der Waals surface area contributed by atoms with Gasteiger partial charge in [0.25, 0.3) is 0 Å². The molecule has 0 amide bonds. The monoisotopic (exact) mass is 392 g/mol. The van der Waals surface area contributed by atoms with Gasteiger partial charge in [0.05, 0.1) is 10.5 Å². The third kappa shape index (κ3) is 4.52. The van der Waals surface area contributed by atoms with Crippen molar-refractivity contribution >= 4 is 22.4 Å². The molecular weight excluding hydrogens is 377 g/mol. The highest BCUT2D eigenvalue weighted by molar-refractivity contribution is 7.89. The number of benzene rings is 2. The van der Waals surface area contributed by atoms with Crippen molar-refractivity contribution in [2.75, 3.05) is 0 Å². The molecule has 0 saturated heterocycles. The summed E-state index contributed by atoms with van der Waals surface area (Å²) < 4.78 is 64.9. The molecule has 1 aliphatic heterocycles. The second kappa shape index (κ2) is 7.33. The molecule has 2 aromatic rings. The lowest BCUT2D eigenvalue weighted by molar-refractivity contribution is -0.137. The normalized spacial score (nSPS) is 14.0. The van der Waals surface area contributed by atoms with Crippen molar-refractivity contribution in [2.45, 2.75) is 30.7 Å². The van der Waals surface area contributed by atoms with Gasteiger partial charge >= 0.3 is 6.18 Å². The zero-order chi connectivity index (χ0) is 17.4. The Balaban J connectivity index is 0.00000225. The first kappa shape index (κ1) is 19.7. The van der Waals surface area contributed by atoms with Gasteiger partial charge in [-0.25, -0.2) is 13.1 Å². The Hall–Kier alpha value is -1.61. The lowest BCUT2D eigenvalue weighted by Crippen LogP contribution is -2.23. The zero-order valence-corrected chi connectivity index (χ0v) is 14.6. The molecular formula is C16H16ClF3N2O2S. The molecule has 0 saturated carbocycles. The van der Waals surface area contributed by atoms with E-state index in [-0.39, 0.29) is 19.0 Å². The smallest absolute Gasteiger partial charge is 0.309 e. The molecule has 0 radical (unpaired) electrons. The molecule has 0 bridgehead atoms. The van der Waals surface area contributed by atoms with Gasteiger partial charge in [-0.1, -0.05) is 24.3 Å². The Labute approximate surface area is 149 Å². The highest BCUT2D eigenvalue weighted by atomic mass is 35.5. The summed E-state index contributed by atoms with van der Waals surface area (Å²) in [6.45, 7) is 1.53. The molecule has 2 N–H and O–H groups in total. The summed E-state index contributed by atoms with van der Waals surface area (Å²) >= 11 is 0. The van der Waals surface area contributed by atoms with E-state index in [4.69, 9.17) is 0 Å². The van der Waals surface area contributed by atoms with Crippen LogP contribution < -0.4 is 10.0 Å². The molecule has 1 heterocycles. The van der Waals surface area contributed by atoms with Gasteiger partial charge in [-0.3, -0.25) is 0 Å². The predicted octanol–water partition coefficient (Wildman–Crippen LogP) is 3.21. The minimum atomic E-state index is -4.58. The van der Waals surface area contributed by atoms with Gasteiger partial charge in [0, 0.05) is 19.6 Å². The van der Waals surface area contributed by atoms with Crippen molar-refractivity contribution in [1.29, 1.82) is 0 Å². The molecule has 25 heavy (non-hydrogen) atoms. The van der Waals surface area contributed by atoms with E-state index >= 15 is 0 Å². The van der Waals surface area contributed by atoms with Crippen LogP contribution in [0.4, 0.5) is 13.2 Å². The van der Waals surface area contributed by atoms with Crippen LogP contribution in [-0.4, -0.2) is 8.42 Å². The number of sulfonamides is 1. The first-order valence-corrected chi connectivity index (χ1v) is 8.72. The fraction of sp³-hybridized carbons (Fsp3) is 0.250. The summed E-state index contributed by atoms with van der Waals surface area (Å²) in [5.74, 6) is 0. The second-order valence-corrected chi connectivity index (χ2v) is 7.32. The molecule has 1 aliphatic rings. The van der Waals surface area contributed by atoms with Gasteiger partial charge in [0.15, 0.2) is 0 Å². The zero-order valence-electron chi connectivity index (χ0n) is 12.9. The molecule has 9 heteroatoms. The van der Waals surface area contributed by atoms with Crippen LogP contribution in [0.25, 0.3) is 0 Å². The van der Waals surface area contributed by atoms with Crippen LogP contribution in [-0.2, 0) is 35.8 Å². The van der Waals surface area contributed by atoms with E-state index in [2.05, 4.69) is 10.0 Å². The maximum absolute atomic E-state index is 12.7. The van der Waals surface area contributed by atoms with Crippen LogP contribution in [0.5, 0.6) is 0 Å². The van der Waals surface area contributed by atoms with Gasteiger partial charge < -0.3 is 5.32 Å². The molecule has 3 rings (SSSR count). The standard InChI is InChI=1S/C16H15F3N2O2S.ClH/c17-16(18,19)14-2-1-3-15(7-14)24(22,23)21-8-11-4-5-12-9-20-10-13(12)6-11;/h1-7,20-21H,8-10H2;1H. The fourth-order valence-electron chi connectivity index (χ4n) is 2.56. The fourth-order valence-corrected chi connectivity index (χ4v) is 3.62. The molecule has 0 atom stereocenters. The van der Waals surface area contributed by atoms with Gasteiger partial charge in [0.1, 0.15) is 0 Å². The van der Waals surface area contributed by atoms with Crippen LogP contribution in [0, 0.1) is 0 Å². The van der Waals surface area contributed by atoms with E-state index in [0.717, 1.165) is 42.4 Å². The number of alkyl halides is 3. The Morgan fingerprint density at radius 2 is 1.76 bits per heavy atom. The summed E-state index contributed by atoms with van der Waals surface area (Å²) in [4.78, 5) is -0.403. The molecule has 4 nitrogen and oxygen atoms in total. The number of rotatable bonds is 4. The Morgan fingerprint density at radius 1 is 1.04 bits per heavy atom. The Bertz CT molecular complexity index is 870. The quantitative estimate of drug-likeness (QED) is 0.840. The first-order valence-electron chi connectivity index (χ1n) is 7.24. The van der Waals surface area contributed by atoms with Gasteiger partial charge in [0.2, 0.25) is 10.0 Å². The maximum Gasteiger partial charge on any atom is 0.416 e. The van der Waals surface area contributed by atoms with E-state index in [1.165, 1.54) is 5.56 Å². The molecule has 2 aromatic carbocycles. The molecule has 0 aliphatic carbocycles. The topological polar surface area (TPSA) is 58.2 Å². The third-order valence-electron chi connectivity index (χ3n) is 3.84. The predicted molar refractivity (Wildman–Crippen MR) is 89.7 cm³/mol. The lowest BCUT2D eigenvalue weighted by atomic mass is 10.1. The second-order valence-electron chi connectivity index (χ2n) is 5.56. The SMILES string of the molecule is Cl.O=S(=O)(NCc1ccc2c(c1)CNC2)c1cccc(C(F)(F)F)c1. The molecule has 136 valence electrons. The maximum atomic E-state index is 12.7. The summed E-state index contributed by atoms with van der Waals surface area (Å²) in [5.41, 5.74) is 2.03. The molecule has 0 spiro atoms. The van der Waals surface area contributed by atoms with Crippen molar-refractivity contribution in [3.63, 3.8) is 0 Å². The molecule has 0 aromatic heterocycles. The minimum Gasteiger partial charge on any atom is -0.309 e. The van der Waals surface area contributed by atoms with Crippen molar-refractivity contribution < 1.29 is 21.6 Å². The summed E-state index contributed by atoms with van der Waals surface area (Å²) in [5, 5.41) is 3.19. The van der Waals surface area contributed by atoms with Crippen molar-refractivity contribution in [3.8, 4) is 0 Å². The number of hydrogen-bond acceptors (Lipinski definition) is 3. The van der Waals surface area contributed by atoms with Gasteiger partial charge in [-0.15, -0.1) is 12.4 Å². The summed E-state index contributed by atoms with van der Waals surface area (Å²) in [7, 11) is -4.02. The minimum absolute atomic E-state index is 0. The highest BCUT2D eigenvalue weighted by Gasteiger charge is 2.31. The number of fused-ring (bicyclic) bond motifs is 1. The van der Waals surface area contributed by atoms with Gasteiger partial charge in [-0.05, 0) is 34.9 Å². The first-order chi connectivity index (χ1) is 11.3. The van der Waals surface area contributed by atoms with E-state index in [1.54, 1.807) is 6.07 Å².